The molecule has 24 heavy (non-hydrogen) atoms. The van der Waals surface area contributed by atoms with Gasteiger partial charge in [-0.05, 0) is 31.9 Å². The van der Waals surface area contributed by atoms with Crippen LogP contribution in [0, 0.1) is 6.92 Å². The molecule has 0 spiro atoms. The number of hydrogen-bond donors (Lipinski definition) is 1. The van der Waals surface area contributed by atoms with Gasteiger partial charge in [-0.1, -0.05) is 0 Å². The van der Waals surface area contributed by atoms with Crippen LogP contribution in [0.15, 0.2) is 24.5 Å². The quantitative estimate of drug-likeness (QED) is 0.796. The van der Waals surface area contributed by atoms with Crippen LogP contribution < -0.4 is 0 Å². The van der Waals surface area contributed by atoms with Gasteiger partial charge in [-0.15, -0.1) is 0 Å². The van der Waals surface area contributed by atoms with Gasteiger partial charge >= 0.3 is 6.18 Å². The average Bonchev–Trinajstić information content (AvgIpc) is 3.04. The van der Waals surface area contributed by atoms with Gasteiger partial charge in [-0.25, -0.2) is 4.98 Å². The summed E-state index contributed by atoms with van der Waals surface area (Å²) in [6.07, 6.45) is -0.666. The Morgan fingerprint density at radius 3 is 2.71 bits per heavy atom. The van der Waals surface area contributed by atoms with E-state index in [1.807, 2.05) is 6.92 Å². The molecule has 0 saturated carbocycles. The molecule has 1 N–H and O–H groups in total. The second-order valence-electron chi connectivity index (χ2n) is 5.66. The standard InChI is InChI=1S/C16H17F3N4O/c1-10-13(4-3-7-24)15(22(2)21-10)23-6-5-11-8-12(16(17,18)19)9-20-14(11)23/h5-6,8-9,24H,3-4,7H2,1-2H3. The second kappa shape index (κ2) is 5.94. The van der Waals surface area contributed by atoms with Gasteiger partial charge in [0.25, 0.3) is 0 Å². The first-order valence-electron chi connectivity index (χ1n) is 7.51. The van der Waals surface area contributed by atoms with Crippen molar-refractivity contribution in [3.63, 3.8) is 0 Å². The van der Waals surface area contributed by atoms with E-state index in [-0.39, 0.29) is 6.61 Å². The molecule has 0 aliphatic carbocycles. The molecule has 0 amide bonds. The van der Waals surface area contributed by atoms with Crippen molar-refractivity contribution in [1.82, 2.24) is 19.3 Å². The van der Waals surface area contributed by atoms with Gasteiger partial charge in [0.15, 0.2) is 0 Å². The topological polar surface area (TPSA) is 55.9 Å². The SMILES string of the molecule is Cc1nn(C)c(-n2ccc3cc(C(F)(F)F)cnc32)c1CCCO. The lowest BCUT2D eigenvalue weighted by Gasteiger charge is -2.10. The minimum Gasteiger partial charge on any atom is -0.396 e. The molecule has 0 aliphatic rings. The van der Waals surface area contributed by atoms with E-state index in [4.69, 9.17) is 5.11 Å². The van der Waals surface area contributed by atoms with Crippen LogP contribution in [0.3, 0.4) is 0 Å². The van der Waals surface area contributed by atoms with Crippen LogP contribution in [0.25, 0.3) is 16.9 Å². The summed E-state index contributed by atoms with van der Waals surface area (Å²) < 4.78 is 41.9. The van der Waals surface area contributed by atoms with Gasteiger partial charge in [0, 0.05) is 37.0 Å². The van der Waals surface area contributed by atoms with Crippen molar-refractivity contribution in [2.75, 3.05) is 6.61 Å². The summed E-state index contributed by atoms with van der Waals surface area (Å²) in [4.78, 5) is 4.01. The fourth-order valence-corrected chi connectivity index (χ4v) is 2.89. The van der Waals surface area contributed by atoms with Crippen molar-refractivity contribution in [2.45, 2.75) is 25.9 Å². The average molecular weight is 338 g/mol. The van der Waals surface area contributed by atoms with Gasteiger partial charge < -0.3 is 5.11 Å². The lowest BCUT2D eigenvalue weighted by atomic mass is 10.1. The first-order valence-corrected chi connectivity index (χ1v) is 7.51. The summed E-state index contributed by atoms with van der Waals surface area (Å²) in [6, 6.07) is 2.70. The lowest BCUT2D eigenvalue weighted by molar-refractivity contribution is -0.137. The molecule has 0 bridgehead atoms. The van der Waals surface area contributed by atoms with Crippen LogP contribution in [0.5, 0.6) is 0 Å². The Balaban J connectivity index is 2.14. The van der Waals surface area contributed by atoms with E-state index >= 15 is 0 Å². The first-order chi connectivity index (χ1) is 11.3. The van der Waals surface area contributed by atoms with E-state index in [0.29, 0.717) is 23.9 Å². The molecule has 3 aromatic rings. The monoisotopic (exact) mass is 338 g/mol. The molecule has 5 nitrogen and oxygen atoms in total. The maximum absolute atomic E-state index is 12.8. The van der Waals surface area contributed by atoms with Gasteiger partial charge in [0.1, 0.15) is 11.5 Å². The third-order valence-corrected chi connectivity index (χ3v) is 3.98. The Kier molecular flexibility index (Phi) is 4.08. The minimum absolute atomic E-state index is 0.0629. The molecule has 3 heterocycles. The van der Waals surface area contributed by atoms with Crippen molar-refractivity contribution in [3.05, 3.63) is 41.3 Å². The molecule has 0 radical (unpaired) electrons. The number of aryl methyl sites for hydroxylation is 2. The van der Waals surface area contributed by atoms with Crippen LogP contribution >= 0.6 is 0 Å². The van der Waals surface area contributed by atoms with Crippen LogP contribution in [-0.2, 0) is 19.6 Å². The van der Waals surface area contributed by atoms with E-state index in [2.05, 4.69) is 10.1 Å². The fraction of sp³-hybridized carbons (Fsp3) is 0.375. The lowest BCUT2D eigenvalue weighted by Crippen LogP contribution is -2.07. The number of rotatable bonds is 4. The third-order valence-electron chi connectivity index (χ3n) is 3.98. The van der Waals surface area contributed by atoms with Gasteiger partial charge in [0.05, 0.1) is 11.3 Å². The molecule has 0 aliphatic heterocycles. The number of fused-ring (bicyclic) bond motifs is 1. The Bertz CT molecular complexity index is 879. The summed E-state index contributed by atoms with van der Waals surface area (Å²) in [5.74, 6) is 0.753. The zero-order valence-electron chi connectivity index (χ0n) is 13.3. The predicted molar refractivity (Wildman–Crippen MR) is 83.0 cm³/mol. The number of nitrogens with zero attached hydrogens (tertiary/aromatic N) is 4. The molecule has 0 unspecified atom stereocenters. The van der Waals surface area contributed by atoms with E-state index in [9.17, 15) is 13.2 Å². The number of aliphatic hydroxyl groups is 1. The molecule has 0 saturated heterocycles. The highest BCUT2D eigenvalue weighted by atomic mass is 19.4. The van der Waals surface area contributed by atoms with Crippen LogP contribution in [-0.4, -0.2) is 31.0 Å². The van der Waals surface area contributed by atoms with E-state index in [1.54, 1.807) is 28.6 Å². The van der Waals surface area contributed by atoms with Crippen molar-refractivity contribution in [1.29, 1.82) is 0 Å². The second-order valence-corrected chi connectivity index (χ2v) is 5.66. The molecule has 128 valence electrons. The molecule has 3 aromatic heterocycles. The Labute approximate surface area is 136 Å². The highest BCUT2D eigenvalue weighted by Gasteiger charge is 2.31. The zero-order chi connectivity index (χ0) is 17.5. The number of pyridine rings is 1. The molecule has 3 rings (SSSR count). The van der Waals surface area contributed by atoms with Crippen molar-refractivity contribution in [3.8, 4) is 5.82 Å². The number of alkyl halides is 3. The number of aliphatic hydroxyl groups excluding tert-OH is 1. The maximum atomic E-state index is 12.8. The Hall–Kier alpha value is -2.35. The number of halogens is 3. The minimum atomic E-state index is -4.42. The number of hydrogen-bond acceptors (Lipinski definition) is 3. The summed E-state index contributed by atoms with van der Waals surface area (Å²) in [5, 5.41) is 13.9. The van der Waals surface area contributed by atoms with Crippen LogP contribution in [0.1, 0.15) is 23.2 Å². The maximum Gasteiger partial charge on any atom is 0.417 e. The summed E-state index contributed by atoms with van der Waals surface area (Å²) in [5.41, 5.74) is 1.45. The van der Waals surface area contributed by atoms with Crippen LogP contribution in [0.4, 0.5) is 13.2 Å². The van der Waals surface area contributed by atoms with Gasteiger partial charge in [0.2, 0.25) is 0 Å². The normalized spacial score (nSPS) is 12.2. The zero-order valence-corrected chi connectivity index (χ0v) is 13.3. The molecule has 8 heteroatoms. The Morgan fingerprint density at radius 1 is 1.29 bits per heavy atom. The van der Waals surface area contributed by atoms with E-state index < -0.39 is 11.7 Å². The van der Waals surface area contributed by atoms with Crippen molar-refractivity contribution < 1.29 is 18.3 Å². The van der Waals surface area contributed by atoms with E-state index in [0.717, 1.165) is 29.3 Å². The molecule has 0 aromatic carbocycles. The van der Waals surface area contributed by atoms with Gasteiger partial charge in [-0.3, -0.25) is 9.25 Å². The fourth-order valence-electron chi connectivity index (χ4n) is 2.89. The van der Waals surface area contributed by atoms with Crippen LogP contribution in [0.2, 0.25) is 0 Å². The smallest absolute Gasteiger partial charge is 0.396 e. The highest BCUT2D eigenvalue weighted by Crippen LogP contribution is 2.31. The summed E-state index contributed by atoms with van der Waals surface area (Å²) >= 11 is 0. The Morgan fingerprint density at radius 2 is 2.04 bits per heavy atom. The summed E-state index contributed by atoms with van der Waals surface area (Å²) in [7, 11) is 1.78. The number of aromatic nitrogens is 4. The highest BCUT2D eigenvalue weighted by molar-refractivity contribution is 5.78. The molecule has 0 fully saturated rings. The summed E-state index contributed by atoms with van der Waals surface area (Å²) in [6.45, 7) is 1.93. The van der Waals surface area contributed by atoms with E-state index in [1.165, 1.54) is 0 Å². The molecule has 0 atom stereocenters. The predicted octanol–water partition coefficient (Wildman–Crippen LogP) is 3.01. The van der Waals surface area contributed by atoms with Gasteiger partial charge in [-0.2, -0.15) is 18.3 Å². The molecular formula is C16H17F3N4O. The van der Waals surface area contributed by atoms with Crippen molar-refractivity contribution >= 4 is 11.0 Å². The van der Waals surface area contributed by atoms with Crippen molar-refractivity contribution in [2.24, 2.45) is 7.05 Å². The molecular weight excluding hydrogens is 321 g/mol. The third kappa shape index (κ3) is 2.77. The largest absolute Gasteiger partial charge is 0.417 e. The first kappa shape index (κ1) is 16.5.